The third-order valence-corrected chi connectivity index (χ3v) is 4.55. The first-order valence-corrected chi connectivity index (χ1v) is 8.35. The van der Waals surface area contributed by atoms with Gasteiger partial charge in [0.25, 0.3) is 5.91 Å². The van der Waals surface area contributed by atoms with Crippen LogP contribution in [-0.2, 0) is 6.42 Å². The molecule has 0 saturated heterocycles. The Hall–Kier alpha value is -0.490. The predicted molar refractivity (Wildman–Crippen MR) is 76.4 cm³/mol. The van der Waals surface area contributed by atoms with Crippen molar-refractivity contribution in [3.05, 3.63) is 10.6 Å². The molecule has 0 unspecified atom stereocenters. The average Bonchev–Trinajstić information content (AvgIpc) is 3.05. The Bertz CT molecular complexity index is 404. The standard InChI is InChI=1S/C12H18BrN3OS/c1-2-10-11(18-15-14-10)12(17)16(8-7-13)9-5-3-4-6-9/h9H,2-8H2,1H3. The van der Waals surface area contributed by atoms with E-state index in [2.05, 4.69) is 25.5 Å². The van der Waals surface area contributed by atoms with Crippen molar-refractivity contribution in [3.63, 3.8) is 0 Å². The second-order valence-electron chi connectivity index (χ2n) is 4.53. The fourth-order valence-electron chi connectivity index (χ4n) is 2.49. The number of hydrogen-bond acceptors (Lipinski definition) is 4. The maximum atomic E-state index is 12.6. The van der Waals surface area contributed by atoms with Gasteiger partial charge in [-0.05, 0) is 30.8 Å². The predicted octanol–water partition coefficient (Wildman–Crippen LogP) is 2.88. The molecule has 0 spiro atoms. The van der Waals surface area contributed by atoms with Crippen LogP contribution in [0.2, 0.25) is 0 Å². The molecule has 0 atom stereocenters. The first-order chi connectivity index (χ1) is 8.77. The molecule has 1 aromatic rings. The van der Waals surface area contributed by atoms with E-state index >= 15 is 0 Å². The molecule has 0 N–H and O–H groups in total. The molecular weight excluding hydrogens is 314 g/mol. The molecule has 1 heterocycles. The van der Waals surface area contributed by atoms with Crippen molar-refractivity contribution in [2.45, 2.75) is 45.1 Å². The second kappa shape index (κ2) is 6.61. The molecule has 1 aliphatic carbocycles. The van der Waals surface area contributed by atoms with Gasteiger partial charge in [0.15, 0.2) is 0 Å². The zero-order chi connectivity index (χ0) is 13.0. The highest BCUT2D eigenvalue weighted by atomic mass is 79.9. The van der Waals surface area contributed by atoms with Crippen molar-refractivity contribution in [2.75, 3.05) is 11.9 Å². The molecule has 6 heteroatoms. The fourth-order valence-corrected chi connectivity index (χ4v) is 3.58. The van der Waals surface area contributed by atoms with Crippen molar-refractivity contribution in [2.24, 2.45) is 0 Å². The zero-order valence-corrected chi connectivity index (χ0v) is 13.0. The molecule has 0 bridgehead atoms. The van der Waals surface area contributed by atoms with E-state index in [1.54, 1.807) is 0 Å². The van der Waals surface area contributed by atoms with E-state index in [4.69, 9.17) is 0 Å². The summed E-state index contributed by atoms with van der Waals surface area (Å²) in [6.07, 6.45) is 5.50. The summed E-state index contributed by atoms with van der Waals surface area (Å²) >= 11 is 4.67. The lowest BCUT2D eigenvalue weighted by Gasteiger charge is -2.28. The van der Waals surface area contributed by atoms with E-state index in [0.29, 0.717) is 6.04 Å². The summed E-state index contributed by atoms with van der Waals surface area (Å²) in [5, 5.41) is 4.86. The molecule has 1 aliphatic rings. The van der Waals surface area contributed by atoms with Gasteiger partial charge in [-0.15, -0.1) is 5.10 Å². The third kappa shape index (κ3) is 2.91. The fraction of sp³-hybridized carbons (Fsp3) is 0.750. The highest BCUT2D eigenvalue weighted by molar-refractivity contribution is 9.09. The van der Waals surface area contributed by atoms with Gasteiger partial charge in [-0.3, -0.25) is 4.79 Å². The van der Waals surface area contributed by atoms with Gasteiger partial charge in [-0.25, -0.2) is 0 Å². The first-order valence-electron chi connectivity index (χ1n) is 6.46. The van der Waals surface area contributed by atoms with E-state index in [-0.39, 0.29) is 5.91 Å². The van der Waals surface area contributed by atoms with Crippen molar-refractivity contribution >= 4 is 33.4 Å². The topological polar surface area (TPSA) is 46.1 Å². The minimum absolute atomic E-state index is 0.119. The number of alkyl halides is 1. The SMILES string of the molecule is CCc1nnsc1C(=O)N(CCBr)C1CCCC1. The summed E-state index contributed by atoms with van der Waals surface area (Å²) in [4.78, 5) is 15.3. The second-order valence-corrected chi connectivity index (χ2v) is 6.08. The minimum atomic E-state index is 0.119. The smallest absolute Gasteiger partial charge is 0.267 e. The Morgan fingerprint density at radius 1 is 1.50 bits per heavy atom. The molecule has 1 aromatic heterocycles. The molecule has 1 amide bonds. The van der Waals surface area contributed by atoms with Crippen LogP contribution in [-0.4, -0.2) is 38.3 Å². The maximum absolute atomic E-state index is 12.6. The molecular formula is C12H18BrN3OS. The summed E-state index contributed by atoms with van der Waals surface area (Å²) < 4.78 is 3.92. The lowest BCUT2D eigenvalue weighted by atomic mass is 10.2. The Morgan fingerprint density at radius 2 is 2.22 bits per heavy atom. The lowest BCUT2D eigenvalue weighted by Crippen LogP contribution is -2.40. The van der Waals surface area contributed by atoms with E-state index in [9.17, 15) is 4.79 Å². The number of rotatable bonds is 5. The normalized spacial score (nSPS) is 16.1. The number of aryl methyl sites for hydroxylation is 1. The quantitative estimate of drug-likeness (QED) is 0.779. The number of amides is 1. The average molecular weight is 332 g/mol. The van der Waals surface area contributed by atoms with Crippen LogP contribution in [0, 0.1) is 0 Å². The number of hydrogen-bond donors (Lipinski definition) is 0. The van der Waals surface area contributed by atoms with E-state index in [1.807, 2.05) is 11.8 Å². The molecule has 18 heavy (non-hydrogen) atoms. The lowest BCUT2D eigenvalue weighted by molar-refractivity contribution is 0.0700. The Labute approximate surface area is 120 Å². The van der Waals surface area contributed by atoms with Crippen molar-refractivity contribution in [1.29, 1.82) is 0 Å². The van der Waals surface area contributed by atoms with Gasteiger partial charge in [0.1, 0.15) is 4.88 Å². The Morgan fingerprint density at radius 3 is 2.83 bits per heavy atom. The minimum Gasteiger partial charge on any atom is -0.334 e. The van der Waals surface area contributed by atoms with E-state index < -0.39 is 0 Å². The number of carbonyl (C=O) groups excluding carboxylic acids is 1. The van der Waals surface area contributed by atoms with Gasteiger partial charge in [0.2, 0.25) is 0 Å². The molecule has 0 aromatic carbocycles. The number of carbonyl (C=O) groups is 1. The van der Waals surface area contributed by atoms with Crippen molar-refractivity contribution < 1.29 is 4.79 Å². The van der Waals surface area contributed by atoms with Crippen molar-refractivity contribution in [3.8, 4) is 0 Å². The van der Waals surface area contributed by atoms with Crippen LogP contribution in [0.25, 0.3) is 0 Å². The van der Waals surface area contributed by atoms with E-state index in [0.717, 1.165) is 41.7 Å². The monoisotopic (exact) mass is 331 g/mol. The first kappa shape index (κ1) is 13.9. The van der Waals surface area contributed by atoms with Crippen LogP contribution in [0.5, 0.6) is 0 Å². The summed E-state index contributed by atoms with van der Waals surface area (Å²) in [5.41, 5.74) is 0.836. The Balaban J connectivity index is 2.17. The molecule has 0 aliphatic heterocycles. The number of nitrogens with zero attached hydrogens (tertiary/aromatic N) is 3. The maximum Gasteiger partial charge on any atom is 0.267 e. The zero-order valence-electron chi connectivity index (χ0n) is 10.6. The Kier molecular flexibility index (Phi) is 5.12. The molecule has 4 nitrogen and oxygen atoms in total. The molecule has 100 valence electrons. The summed E-state index contributed by atoms with van der Waals surface area (Å²) in [6.45, 7) is 2.78. The summed E-state index contributed by atoms with van der Waals surface area (Å²) in [6, 6.07) is 0.404. The summed E-state index contributed by atoms with van der Waals surface area (Å²) in [5.74, 6) is 0.119. The summed E-state index contributed by atoms with van der Waals surface area (Å²) in [7, 11) is 0. The molecule has 1 fully saturated rings. The van der Waals surface area contributed by atoms with Gasteiger partial charge < -0.3 is 4.90 Å². The van der Waals surface area contributed by atoms with E-state index in [1.165, 1.54) is 24.4 Å². The van der Waals surface area contributed by atoms with Gasteiger partial charge in [-0.1, -0.05) is 40.2 Å². The third-order valence-electron chi connectivity index (χ3n) is 3.44. The van der Waals surface area contributed by atoms with Crippen molar-refractivity contribution in [1.82, 2.24) is 14.5 Å². The highest BCUT2D eigenvalue weighted by Crippen LogP contribution is 2.26. The molecule has 1 saturated carbocycles. The number of aromatic nitrogens is 2. The van der Waals surface area contributed by atoms with Gasteiger partial charge in [0.05, 0.1) is 5.69 Å². The van der Waals surface area contributed by atoms with Crippen LogP contribution in [0.1, 0.15) is 48.0 Å². The number of halogens is 1. The largest absolute Gasteiger partial charge is 0.334 e. The van der Waals surface area contributed by atoms with Crippen LogP contribution >= 0.6 is 27.5 Å². The van der Waals surface area contributed by atoms with Gasteiger partial charge in [-0.2, -0.15) is 0 Å². The van der Waals surface area contributed by atoms with Crippen LogP contribution in [0.3, 0.4) is 0 Å². The molecule has 0 radical (unpaired) electrons. The van der Waals surface area contributed by atoms with Crippen LogP contribution in [0.15, 0.2) is 0 Å². The van der Waals surface area contributed by atoms with Crippen LogP contribution in [0.4, 0.5) is 0 Å². The van der Waals surface area contributed by atoms with Crippen LogP contribution < -0.4 is 0 Å². The molecule has 2 rings (SSSR count). The van der Waals surface area contributed by atoms with Gasteiger partial charge in [0, 0.05) is 17.9 Å². The van der Waals surface area contributed by atoms with Gasteiger partial charge >= 0.3 is 0 Å². The highest BCUT2D eigenvalue weighted by Gasteiger charge is 2.29.